The lowest BCUT2D eigenvalue weighted by molar-refractivity contribution is 0.0690. The second-order valence-electron chi connectivity index (χ2n) is 5.45. The molecule has 0 bridgehead atoms. The number of benzene rings is 1. The van der Waals surface area contributed by atoms with Crippen LogP contribution in [0.15, 0.2) is 42.6 Å². The molecule has 0 spiro atoms. The van der Waals surface area contributed by atoms with Crippen molar-refractivity contribution in [2.24, 2.45) is 0 Å². The van der Waals surface area contributed by atoms with Gasteiger partial charge in [-0.05, 0) is 50.6 Å². The number of pyridine rings is 1. The number of hydrogen-bond donors (Lipinski definition) is 1. The number of rotatable bonds is 4. The minimum atomic E-state index is 0.0207. The number of nitrogen functional groups attached to an aromatic ring is 1. The zero-order valence-electron chi connectivity index (χ0n) is 12.7. The number of carbonyl (C=O) groups excluding carboxylic acids is 1. The van der Waals surface area contributed by atoms with Gasteiger partial charge in [0, 0.05) is 35.7 Å². The quantitative estimate of drug-likeness (QED) is 0.877. The van der Waals surface area contributed by atoms with E-state index in [9.17, 15) is 4.79 Å². The van der Waals surface area contributed by atoms with E-state index in [1.165, 1.54) is 0 Å². The molecule has 21 heavy (non-hydrogen) atoms. The highest BCUT2D eigenvalue weighted by atomic mass is 16.2. The molecular weight excluding hydrogens is 262 g/mol. The summed E-state index contributed by atoms with van der Waals surface area (Å²) in [7, 11) is 0. The topological polar surface area (TPSA) is 59.2 Å². The summed E-state index contributed by atoms with van der Waals surface area (Å²) >= 11 is 0. The first-order valence-electron chi connectivity index (χ1n) is 7.05. The fraction of sp³-hybridized carbons (Fsp3) is 0.294. The zero-order chi connectivity index (χ0) is 15.4. The summed E-state index contributed by atoms with van der Waals surface area (Å²) in [5.74, 6) is 0.0207. The number of anilines is 1. The van der Waals surface area contributed by atoms with Crippen LogP contribution in [-0.2, 0) is 6.54 Å². The first-order valence-corrected chi connectivity index (χ1v) is 7.05. The standard InChI is InChI=1S/C17H21N3O/c1-12(2)20(11-14-4-6-16(18)7-5-14)17(21)15-8-9-19-13(3)10-15/h4-10,12H,11,18H2,1-3H3. The summed E-state index contributed by atoms with van der Waals surface area (Å²) in [5, 5.41) is 0. The maximum absolute atomic E-state index is 12.7. The van der Waals surface area contributed by atoms with E-state index in [0.29, 0.717) is 12.1 Å². The summed E-state index contributed by atoms with van der Waals surface area (Å²) in [6, 6.07) is 11.3. The van der Waals surface area contributed by atoms with Gasteiger partial charge < -0.3 is 10.6 Å². The molecule has 0 aliphatic heterocycles. The van der Waals surface area contributed by atoms with Gasteiger partial charge in [-0.2, -0.15) is 0 Å². The number of carbonyl (C=O) groups is 1. The van der Waals surface area contributed by atoms with Gasteiger partial charge in [0.05, 0.1) is 0 Å². The lowest BCUT2D eigenvalue weighted by atomic mass is 10.1. The number of amides is 1. The fourth-order valence-corrected chi connectivity index (χ4v) is 2.15. The summed E-state index contributed by atoms with van der Waals surface area (Å²) in [6.45, 7) is 6.49. The Morgan fingerprint density at radius 3 is 2.48 bits per heavy atom. The molecular formula is C17H21N3O. The highest BCUT2D eigenvalue weighted by molar-refractivity contribution is 5.94. The number of nitrogens with zero attached hydrogens (tertiary/aromatic N) is 2. The predicted octanol–water partition coefficient (Wildman–Crippen LogP) is 3.02. The van der Waals surface area contributed by atoms with Crippen LogP contribution < -0.4 is 5.73 Å². The summed E-state index contributed by atoms with van der Waals surface area (Å²) in [6.07, 6.45) is 1.67. The van der Waals surface area contributed by atoms with Gasteiger partial charge in [0.15, 0.2) is 0 Å². The van der Waals surface area contributed by atoms with Crippen molar-refractivity contribution < 1.29 is 4.79 Å². The van der Waals surface area contributed by atoms with E-state index in [0.717, 1.165) is 16.9 Å². The molecule has 0 atom stereocenters. The molecule has 2 N–H and O–H groups in total. The number of hydrogen-bond acceptors (Lipinski definition) is 3. The van der Waals surface area contributed by atoms with Gasteiger partial charge >= 0.3 is 0 Å². The first-order chi connectivity index (χ1) is 9.97. The SMILES string of the molecule is Cc1cc(C(=O)N(Cc2ccc(N)cc2)C(C)C)ccn1. The van der Waals surface area contributed by atoms with E-state index >= 15 is 0 Å². The number of aromatic nitrogens is 1. The molecule has 4 heteroatoms. The Morgan fingerprint density at radius 2 is 1.90 bits per heavy atom. The molecule has 1 amide bonds. The van der Waals surface area contributed by atoms with Gasteiger partial charge in [-0.3, -0.25) is 9.78 Å². The van der Waals surface area contributed by atoms with Crippen LogP contribution in [0.5, 0.6) is 0 Å². The Kier molecular flexibility index (Phi) is 4.58. The van der Waals surface area contributed by atoms with Crippen molar-refractivity contribution in [1.82, 2.24) is 9.88 Å². The molecule has 0 saturated heterocycles. The molecule has 0 radical (unpaired) electrons. The lowest BCUT2D eigenvalue weighted by Crippen LogP contribution is -2.36. The summed E-state index contributed by atoms with van der Waals surface area (Å²) in [4.78, 5) is 18.7. The van der Waals surface area contributed by atoms with E-state index in [1.54, 1.807) is 12.3 Å². The Balaban J connectivity index is 2.22. The van der Waals surface area contributed by atoms with Crippen molar-refractivity contribution in [2.45, 2.75) is 33.4 Å². The van der Waals surface area contributed by atoms with Crippen molar-refractivity contribution in [3.05, 3.63) is 59.4 Å². The van der Waals surface area contributed by atoms with Crippen LogP contribution in [0.3, 0.4) is 0 Å². The Bertz CT molecular complexity index is 620. The normalized spacial score (nSPS) is 10.7. The fourth-order valence-electron chi connectivity index (χ4n) is 2.15. The van der Waals surface area contributed by atoms with E-state index in [-0.39, 0.29) is 11.9 Å². The second-order valence-corrected chi connectivity index (χ2v) is 5.45. The molecule has 0 unspecified atom stereocenters. The van der Waals surface area contributed by atoms with Crippen LogP contribution in [0.2, 0.25) is 0 Å². The van der Waals surface area contributed by atoms with Gasteiger partial charge in [0.1, 0.15) is 0 Å². The average Bonchev–Trinajstić information content (AvgIpc) is 2.45. The molecule has 0 aliphatic rings. The average molecular weight is 283 g/mol. The van der Waals surface area contributed by atoms with Gasteiger partial charge in [-0.15, -0.1) is 0 Å². The highest BCUT2D eigenvalue weighted by Gasteiger charge is 2.19. The molecule has 0 fully saturated rings. The first kappa shape index (κ1) is 15.0. The van der Waals surface area contributed by atoms with Crippen LogP contribution in [0, 0.1) is 6.92 Å². The van der Waals surface area contributed by atoms with Crippen molar-refractivity contribution in [2.75, 3.05) is 5.73 Å². The van der Waals surface area contributed by atoms with Crippen LogP contribution in [-0.4, -0.2) is 21.8 Å². The van der Waals surface area contributed by atoms with Crippen molar-refractivity contribution in [3.8, 4) is 0 Å². The molecule has 1 aromatic heterocycles. The predicted molar refractivity (Wildman–Crippen MR) is 84.8 cm³/mol. The molecule has 2 rings (SSSR count). The smallest absolute Gasteiger partial charge is 0.254 e. The number of nitrogens with two attached hydrogens (primary N) is 1. The second kappa shape index (κ2) is 6.39. The van der Waals surface area contributed by atoms with Gasteiger partial charge in [-0.25, -0.2) is 0 Å². The van der Waals surface area contributed by atoms with Crippen LogP contribution in [0.25, 0.3) is 0 Å². The maximum Gasteiger partial charge on any atom is 0.254 e. The van der Waals surface area contributed by atoms with Crippen LogP contribution in [0.1, 0.15) is 35.5 Å². The third-order valence-electron chi connectivity index (χ3n) is 3.36. The molecule has 110 valence electrons. The monoisotopic (exact) mass is 283 g/mol. The van der Waals surface area contributed by atoms with Crippen molar-refractivity contribution in [3.63, 3.8) is 0 Å². The van der Waals surface area contributed by atoms with Crippen LogP contribution in [0.4, 0.5) is 5.69 Å². The molecule has 1 aromatic carbocycles. The molecule has 0 aliphatic carbocycles. The van der Waals surface area contributed by atoms with E-state index in [2.05, 4.69) is 4.98 Å². The Hall–Kier alpha value is -2.36. The van der Waals surface area contributed by atoms with Gasteiger partial charge in [0.2, 0.25) is 0 Å². The Morgan fingerprint density at radius 1 is 1.24 bits per heavy atom. The molecule has 1 heterocycles. The van der Waals surface area contributed by atoms with Gasteiger partial charge in [0.25, 0.3) is 5.91 Å². The number of aryl methyl sites for hydroxylation is 1. The van der Waals surface area contributed by atoms with E-state index < -0.39 is 0 Å². The van der Waals surface area contributed by atoms with Crippen molar-refractivity contribution >= 4 is 11.6 Å². The van der Waals surface area contributed by atoms with E-state index in [1.807, 2.05) is 56.0 Å². The molecule has 2 aromatic rings. The highest BCUT2D eigenvalue weighted by Crippen LogP contribution is 2.15. The Labute approximate surface area is 125 Å². The third-order valence-corrected chi connectivity index (χ3v) is 3.36. The zero-order valence-corrected chi connectivity index (χ0v) is 12.7. The summed E-state index contributed by atoms with van der Waals surface area (Å²) < 4.78 is 0. The maximum atomic E-state index is 12.7. The van der Waals surface area contributed by atoms with E-state index in [4.69, 9.17) is 5.73 Å². The lowest BCUT2D eigenvalue weighted by Gasteiger charge is -2.27. The summed E-state index contributed by atoms with van der Waals surface area (Å²) in [5.41, 5.74) is 9.01. The largest absolute Gasteiger partial charge is 0.399 e. The van der Waals surface area contributed by atoms with Crippen LogP contribution >= 0.6 is 0 Å². The molecule has 4 nitrogen and oxygen atoms in total. The minimum absolute atomic E-state index is 0.0207. The van der Waals surface area contributed by atoms with Crippen molar-refractivity contribution in [1.29, 1.82) is 0 Å². The van der Waals surface area contributed by atoms with Gasteiger partial charge in [-0.1, -0.05) is 12.1 Å². The minimum Gasteiger partial charge on any atom is -0.399 e. The third kappa shape index (κ3) is 3.81. The molecule has 0 saturated carbocycles.